The van der Waals surface area contributed by atoms with E-state index in [2.05, 4.69) is 15.6 Å². The van der Waals surface area contributed by atoms with E-state index >= 15 is 0 Å². The van der Waals surface area contributed by atoms with Crippen LogP contribution >= 0.6 is 0 Å². The molecule has 2 aromatic carbocycles. The van der Waals surface area contributed by atoms with E-state index < -0.39 is 11.6 Å². The Morgan fingerprint density at radius 2 is 1.73 bits per heavy atom. The number of aliphatic imine (C=N–C) groups is 1. The van der Waals surface area contributed by atoms with Crippen LogP contribution < -0.4 is 15.4 Å². The lowest BCUT2D eigenvalue weighted by molar-refractivity contribution is 0.146. The van der Waals surface area contributed by atoms with Crippen molar-refractivity contribution in [1.29, 1.82) is 0 Å². The first-order chi connectivity index (χ1) is 12.6. The van der Waals surface area contributed by atoms with Crippen LogP contribution in [0, 0.1) is 11.6 Å². The van der Waals surface area contributed by atoms with Gasteiger partial charge in [-0.05, 0) is 35.9 Å². The van der Waals surface area contributed by atoms with Crippen molar-refractivity contribution in [3.63, 3.8) is 0 Å². The second kappa shape index (κ2) is 10.4. The molecule has 0 saturated carbocycles. The molecule has 0 atom stereocenters. The molecule has 0 aromatic heterocycles. The van der Waals surface area contributed by atoms with Crippen molar-refractivity contribution in [2.24, 2.45) is 4.99 Å². The Labute approximate surface area is 152 Å². The van der Waals surface area contributed by atoms with E-state index in [-0.39, 0.29) is 12.1 Å². The van der Waals surface area contributed by atoms with Crippen molar-refractivity contribution in [2.45, 2.75) is 13.1 Å². The maximum atomic E-state index is 13.6. The van der Waals surface area contributed by atoms with E-state index in [1.165, 1.54) is 0 Å². The number of halogens is 2. The van der Waals surface area contributed by atoms with E-state index in [4.69, 9.17) is 9.47 Å². The fourth-order valence-electron chi connectivity index (χ4n) is 2.21. The summed E-state index contributed by atoms with van der Waals surface area (Å²) in [6.45, 7) is 1.71. The molecule has 0 heterocycles. The van der Waals surface area contributed by atoms with Crippen molar-refractivity contribution in [3.05, 3.63) is 65.2 Å². The highest BCUT2D eigenvalue weighted by atomic mass is 19.1. The van der Waals surface area contributed by atoms with Crippen LogP contribution in [0.4, 0.5) is 8.78 Å². The summed E-state index contributed by atoms with van der Waals surface area (Å²) in [4.78, 5) is 4.08. The zero-order valence-corrected chi connectivity index (χ0v) is 14.9. The van der Waals surface area contributed by atoms with Gasteiger partial charge in [-0.1, -0.05) is 12.1 Å². The van der Waals surface area contributed by atoms with E-state index in [0.29, 0.717) is 25.7 Å². The molecule has 0 amide bonds. The largest absolute Gasteiger partial charge is 0.491 e. The smallest absolute Gasteiger partial charge is 0.191 e. The summed E-state index contributed by atoms with van der Waals surface area (Å²) in [6, 6.07) is 11.0. The van der Waals surface area contributed by atoms with Crippen LogP contribution in [0.2, 0.25) is 0 Å². The van der Waals surface area contributed by atoms with Crippen molar-refractivity contribution >= 4 is 5.96 Å². The molecule has 140 valence electrons. The molecule has 0 saturated heterocycles. The van der Waals surface area contributed by atoms with Gasteiger partial charge in [0.15, 0.2) is 5.96 Å². The van der Waals surface area contributed by atoms with E-state index in [9.17, 15) is 8.78 Å². The van der Waals surface area contributed by atoms with Crippen LogP contribution in [-0.2, 0) is 17.8 Å². The van der Waals surface area contributed by atoms with Crippen LogP contribution in [0.5, 0.6) is 5.75 Å². The molecule has 0 unspecified atom stereocenters. The molecule has 5 nitrogen and oxygen atoms in total. The fourth-order valence-corrected chi connectivity index (χ4v) is 2.21. The van der Waals surface area contributed by atoms with Crippen LogP contribution in [0.25, 0.3) is 0 Å². The third-order valence-corrected chi connectivity index (χ3v) is 3.62. The van der Waals surface area contributed by atoms with Crippen molar-refractivity contribution in [1.82, 2.24) is 10.6 Å². The minimum absolute atomic E-state index is 0.134. The lowest BCUT2D eigenvalue weighted by Gasteiger charge is -2.13. The van der Waals surface area contributed by atoms with Crippen molar-refractivity contribution in [3.8, 4) is 5.75 Å². The fraction of sp³-hybridized carbons (Fsp3) is 0.316. The maximum Gasteiger partial charge on any atom is 0.191 e. The van der Waals surface area contributed by atoms with Gasteiger partial charge in [-0.2, -0.15) is 0 Å². The molecule has 2 aromatic rings. The monoisotopic (exact) mass is 363 g/mol. The molecule has 0 bridgehead atoms. The average molecular weight is 363 g/mol. The molecule has 0 fully saturated rings. The van der Waals surface area contributed by atoms with Gasteiger partial charge in [0, 0.05) is 32.8 Å². The number of hydrogen-bond acceptors (Lipinski definition) is 3. The number of benzene rings is 2. The normalized spacial score (nSPS) is 11.3. The molecule has 26 heavy (non-hydrogen) atoms. The first-order valence-corrected chi connectivity index (χ1v) is 8.21. The lowest BCUT2D eigenvalue weighted by atomic mass is 10.2. The molecule has 0 aliphatic carbocycles. The first kappa shape index (κ1) is 19.7. The summed E-state index contributed by atoms with van der Waals surface area (Å²) in [5.41, 5.74) is 1.27. The Hall–Kier alpha value is -2.67. The summed E-state index contributed by atoms with van der Waals surface area (Å²) in [6.07, 6.45) is 0. The number of nitrogens with zero attached hydrogens (tertiary/aromatic N) is 1. The first-order valence-electron chi connectivity index (χ1n) is 8.21. The topological polar surface area (TPSA) is 54.9 Å². The number of guanidine groups is 1. The number of hydrogen-bond donors (Lipinski definition) is 2. The van der Waals surface area contributed by atoms with Gasteiger partial charge in [-0.3, -0.25) is 4.99 Å². The van der Waals surface area contributed by atoms with Crippen molar-refractivity contribution in [2.75, 3.05) is 27.4 Å². The van der Waals surface area contributed by atoms with Gasteiger partial charge >= 0.3 is 0 Å². The van der Waals surface area contributed by atoms with Gasteiger partial charge in [-0.25, -0.2) is 8.78 Å². The van der Waals surface area contributed by atoms with Crippen molar-refractivity contribution < 1.29 is 18.3 Å². The molecule has 7 heteroatoms. The standard InChI is InChI=1S/C19H23F2N3O2/c1-22-19(24-13-15-11-16(20)5-8-18(15)21)23-12-14-3-6-17(7-4-14)26-10-9-25-2/h3-8,11H,9-10,12-13H2,1-2H3,(H2,22,23,24). The summed E-state index contributed by atoms with van der Waals surface area (Å²) in [5, 5.41) is 6.09. The molecule has 2 rings (SSSR count). The zero-order chi connectivity index (χ0) is 18.8. The second-order valence-corrected chi connectivity index (χ2v) is 5.50. The quantitative estimate of drug-likeness (QED) is 0.430. The number of rotatable bonds is 8. The Morgan fingerprint density at radius 3 is 2.42 bits per heavy atom. The van der Waals surface area contributed by atoms with Gasteiger partial charge in [0.1, 0.15) is 24.0 Å². The number of nitrogens with one attached hydrogen (secondary N) is 2. The predicted octanol–water partition coefficient (Wildman–Crippen LogP) is 2.86. The van der Waals surface area contributed by atoms with E-state index in [1.807, 2.05) is 24.3 Å². The van der Waals surface area contributed by atoms with Gasteiger partial charge in [-0.15, -0.1) is 0 Å². The predicted molar refractivity (Wildman–Crippen MR) is 97.2 cm³/mol. The van der Waals surface area contributed by atoms with E-state index in [0.717, 1.165) is 29.5 Å². The Kier molecular flexibility index (Phi) is 7.82. The third kappa shape index (κ3) is 6.33. The number of ether oxygens (including phenoxy) is 2. The molecule has 0 aliphatic heterocycles. The average Bonchev–Trinajstić information content (AvgIpc) is 2.66. The van der Waals surface area contributed by atoms with E-state index in [1.54, 1.807) is 14.2 Å². The Balaban J connectivity index is 1.82. The van der Waals surface area contributed by atoms with Gasteiger partial charge in [0.05, 0.1) is 6.61 Å². The van der Waals surface area contributed by atoms with Crippen LogP contribution in [0.15, 0.2) is 47.5 Å². The SMILES string of the molecule is CN=C(NCc1ccc(OCCOC)cc1)NCc1cc(F)ccc1F. The van der Waals surface area contributed by atoms with Gasteiger partial charge < -0.3 is 20.1 Å². The highest BCUT2D eigenvalue weighted by Crippen LogP contribution is 2.12. The highest BCUT2D eigenvalue weighted by Gasteiger charge is 2.05. The molecule has 2 N–H and O–H groups in total. The van der Waals surface area contributed by atoms with Crippen LogP contribution in [-0.4, -0.2) is 33.3 Å². The molecule has 0 radical (unpaired) electrons. The molecular formula is C19H23F2N3O2. The third-order valence-electron chi connectivity index (χ3n) is 3.62. The van der Waals surface area contributed by atoms with Crippen LogP contribution in [0.3, 0.4) is 0 Å². The zero-order valence-electron chi connectivity index (χ0n) is 14.9. The Bertz CT molecular complexity index is 721. The van der Waals surface area contributed by atoms with Gasteiger partial charge in [0.2, 0.25) is 0 Å². The minimum Gasteiger partial charge on any atom is -0.491 e. The van der Waals surface area contributed by atoms with Gasteiger partial charge in [0.25, 0.3) is 0 Å². The summed E-state index contributed by atoms with van der Waals surface area (Å²) >= 11 is 0. The highest BCUT2D eigenvalue weighted by molar-refractivity contribution is 5.79. The van der Waals surface area contributed by atoms with Crippen LogP contribution in [0.1, 0.15) is 11.1 Å². The summed E-state index contributed by atoms with van der Waals surface area (Å²) in [5.74, 6) is 0.335. The summed E-state index contributed by atoms with van der Waals surface area (Å²) < 4.78 is 37.3. The minimum atomic E-state index is -0.473. The Morgan fingerprint density at radius 1 is 1.00 bits per heavy atom. The molecule has 0 aliphatic rings. The lowest BCUT2D eigenvalue weighted by Crippen LogP contribution is -2.36. The molecular weight excluding hydrogens is 340 g/mol. The molecule has 0 spiro atoms. The maximum absolute atomic E-state index is 13.6. The summed E-state index contributed by atoms with van der Waals surface area (Å²) in [7, 11) is 3.24. The second-order valence-electron chi connectivity index (χ2n) is 5.50. The number of methoxy groups -OCH3 is 1.